The summed E-state index contributed by atoms with van der Waals surface area (Å²) in [5.74, 6) is -6.94. The molecule has 4 atom stereocenters. The second kappa shape index (κ2) is 14.7. The number of morpholine rings is 1. The monoisotopic (exact) mass is 641 g/mol. The smallest absolute Gasteiger partial charge is 0.349 e. The first-order valence-corrected chi connectivity index (χ1v) is 14.3. The molecule has 4 rings (SSSR count). The van der Waals surface area contributed by atoms with E-state index in [4.69, 9.17) is 25.8 Å². The van der Waals surface area contributed by atoms with Gasteiger partial charge in [-0.1, -0.05) is 59.1 Å². The van der Waals surface area contributed by atoms with E-state index in [1.165, 1.54) is 24.3 Å². The van der Waals surface area contributed by atoms with Gasteiger partial charge in [-0.25, -0.2) is 19.2 Å². The van der Waals surface area contributed by atoms with Crippen LogP contribution in [0.3, 0.4) is 0 Å². The third-order valence-electron chi connectivity index (χ3n) is 6.89. The molecule has 0 aromatic heterocycles. The van der Waals surface area contributed by atoms with Gasteiger partial charge >= 0.3 is 23.9 Å². The van der Waals surface area contributed by atoms with Crippen molar-refractivity contribution in [1.82, 2.24) is 5.32 Å². The molecule has 1 aliphatic heterocycles. The predicted molar refractivity (Wildman–Crippen MR) is 164 cm³/mol. The molecule has 4 N–H and O–H groups in total. The van der Waals surface area contributed by atoms with E-state index >= 15 is 0 Å². The maximum Gasteiger partial charge on any atom is 0.349 e. The normalized spacial score (nSPS) is 20.0. The molecule has 0 radical (unpaired) electrons. The number of carbonyl (C=O) groups excluding carboxylic acids is 2. The van der Waals surface area contributed by atoms with Gasteiger partial charge in [-0.2, -0.15) is 0 Å². The van der Waals surface area contributed by atoms with Crippen molar-refractivity contribution < 1.29 is 48.7 Å². The van der Waals surface area contributed by atoms with Crippen molar-refractivity contribution in [3.8, 4) is 0 Å². The van der Waals surface area contributed by atoms with Crippen molar-refractivity contribution in [3.63, 3.8) is 0 Å². The number of nitrogens with one attached hydrogen (secondary N) is 1. The molecule has 0 aliphatic carbocycles. The van der Waals surface area contributed by atoms with Gasteiger partial charge in [-0.15, -0.1) is 0 Å². The molecule has 11 nitrogen and oxygen atoms in total. The highest BCUT2D eigenvalue weighted by Crippen LogP contribution is 2.33. The summed E-state index contributed by atoms with van der Waals surface area (Å²) in [7, 11) is 0. The quantitative estimate of drug-likeness (QED) is 0.256. The van der Waals surface area contributed by atoms with Gasteiger partial charge in [-0.05, 0) is 71.0 Å². The molecule has 1 aliphatic rings. The molecule has 3 aromatic carbocycles. The Bertz CT molecular complexity index is 1450. The van der Waals surface area contributed by atoms with Crippen LogP contribution in [0.1, 0.15) is 58.2 Å². The van der Waals surface area contributed by atoms with E-state index in [-0.39, 0.29) is 22.7 Å². The van der Waals surface area contributed by atoms with Crippen LogP contribution in [0.4, 0.5) is 0 Å². The number of esters is 2. The van der Waals surface area contributed by atoms with Crippen LogP contribution in [-0.2, 0) is 29.6 Å². The van der Waals surface area contributed by atoms with E-state index in [1.807, 2.05) is 32.9 Å². The van der Waals surface area contributed by atoms with E-state index in [1.54, 1.807) is 50.2 Å². The molecule has 0 saturated carbocycles. The van der Waals surface area contributed by atoms with Crippen molar-refractivity contribution in [2.75, 3.05) is 6.61 Å². The lowest BCUT2D eigenvalue weighted by Gasteiger charge is -2.46. The number of rotatable bonds is 8. The van der Waals surface area contributed by atoms with Gasteiger partial charge in [0, 0.05) is 16.1 Å². The van der Waals surface area contributed by atoms with E-state index in [2.05, 4.69) is 5.32 Å². The van der Waals surface area contributed by atoms with Crippen LogP contribution >= 0.6 is 11.6 Å². The first-order chi connectivity index (χ1) is 21.0. The summed E-state index contributed by atoms with van der Waals surface area (Å²) >= 11 is 5.94. The fourth-order valence-corrected chi connectivity index (χ4v) is 4.61. The summed E-state index contributed by atoms with van der Waals surface area (Å²) in [5.41, 5.74) is 2.34. The van der Waals surface area contributed by atoms with Gasteiger partial charge < -0.3 is 34.8 Å². The molecule has 1 fully saturated rings. The van der Waals surface area contributed by atoms with Crippen molar-refractivity contribution in [1.29, 1.82) is 0 Å². The summed E-state index contributed by atoms with van der Waals surface area (Å²) in [6.45, 7) is 10.0. The van der Waals surface area contributed by atoms with Crippen LogP contribution in [0.2, 0.25) is 5.02 Å². The highest BCUT2D eigenvalue weighted by Gasteiger charge is 2.45. The molecule has 240 valence electrons. The minimum Gasteiger partial charge on any atom is -0.478 e. The number of ether oxygens (including phenoxy) is 3. The Labute approximate surface area is 265 Å². The molecular weight excluding hydrogens is 606 g/mol. The number of carboxylic acid groups (broad SMARTS) is 2. The van der Waals surface area contributed by atoms with Crippen LogP contribution in [0, 0.1) is 13.8 Å². The zero-order valence-corrected chi connectivity index (χ0v) is 26.2. The maximum absolute atomic E-state index is 12.2. The average molecular weight is 642 g/mol. The molecule has 1 heterocycles. The van der Waals surface area contributed by atoms with E-state index in [0.717, 1.165) is 11.1 Å². The number of carbonyl (C=O) groups is 4. The van der Waals surface area contributed by atoms with Crippen LogP contribution < -0.4 is 5.32 Å². The van der Waals surface area contributed by atoms with Gasteiger partial charge in [0.15, 0.2) is 0 Å². The topological polar surface area (TPSA) is 169 Å². The van der Waals surface area contributed by atoms with Crippen molar-refractivity contribution >= 4 is 35.5 Å². The van der Waals surface area contributed by atoms with E-state index in [0.29, 0.717) is 17.2 Å². The summed E-state index contributed by atoms with van der Waals surface area (Å²) in [6, 6.07) is 19.0. The number of hydrogen-bond acceptors (Lipinski definition) is 9. The summed E-state index contributed by atoms with van der Waals surface area (Å²) < 4.78 is 15.3. The van der Waals surface area contributed by atoms with Gasteiger partial charge in [-0.3, -0.25) is 0 Å². The zero-order chi connectivity index (χ0) is 33.5. The largest absolute Gasteiger partial charge is 0.478 e. The fourth-order valence-electron chi connectivity index (χ4n) is 4.42. The van der Waals surface area contributed by atoms with Gasteiger partial charge in [0.25, 0.3) is 0 Å². The fraction of sp³-hybridized carbons (Fsp3) is 0.333. The molecular formula is C33H36ClNO10. The second-order valence-electron chi connectivity index (χ2n) is 11.3. The van der Waals surface area contributed by atoms with E-state index < -0.39 is 41.9 Å². The summed E-state index contributed by atoms with van der Waals surface area (Å²) in [5, 5.41) is 33.2. The predicted octanol–water partition coefficient (Wildman–Crippen LogP) is 4.50. The summed E-state index contributed by atoms with van der Waals surface area (Å²) in [4.78, 5) is 47.3. The van der Waals surface area contributed by atoms with Crippen LogP contribution in [-0.4, -0.2) is 69.6 Å². The number of hydrogen-bond donors (Lipinski definition) is 4. The molecule has 45 heavy (non-hydrogen) atoms. The van der Waals surface area contributed by atoms with Crippen molar-refractivity contribution in [2.45, 2.75) is 64.2 Å². The number of benzene rings is 3. The van der Waals surface area contributed by atoms with Gasteiger partial charge in [0.2, 0.25) is 18.0 Å². The first kappa shape index (κ1) is 35.2. The van der Waals surface area contributed by atoms with Crippen LogP contribution in [0.25, 0.3) is 0 Å². The number of halogens is 1. The first-order valence-electron chi connectivity index (χ1n) is 13.9. The lowest BCUT2D eigenvalue weighted by atomic mass is 9.93. The Morgan fingerprint density at radius 2 is 1.29 bits per heavy atom. The van der Waals surface area contributed by atoms with Crippen LogP contribution in [0.15, 0.2) is 72.8 Å². The summed E-state index contributed by atoms with van der Waals surface area (Å²) in [6.07, 6.45) is -4.44. The Balaban J connectivity index is 0.000000276. The SMILES string of the molecule is C[C@H]1NC(C)(C)CO[C@]1(O)c1cccc(Cl)c1.Cc1ccc(C(=O)O[C@H](C(=O)O)[C@H](OC(=O)c2ccc(C)cc2)C(=O)O)cc1. The molecule has 0 spiro atoms. The highest BCUT2D eigenvalue weighted by atomic mass is 35.5. The minimum absolute atomic E-state index is 0.0332. The Hall–Kier alpha value is -4.29. The van der Waals surface area contributed by atoms with Crippen molar-refractivity contribution in [2.24, 2.45) is 0 Å². The molecule has 1 saturated heterocycles. The third-order valence-corrected chi connectivity index (χ3v) is 7.12. The number of aliphatic carboxylic acids is 2. The lowest BCUT2D eigenvalue weighted by Crippen LogP contribution is -2.63. The number of aliphatic hydroxyl groups is 1. The Morgan fingerprint density at radius 1 is 0.844 bits per heavy atom. The lowest BCUT2D eigenvalue weighted by molar-refractivity contribution is -0.263. The van der Waals surface area contributed by atoms with Crippen LogP contribution in [0.5, 0.6) is 0 Å². The Morgan fingerprint density at radius 3 is 1.67 bits per heavy atom. The second-order valence-corrected chi connectivity index (χ2v) is 11.7. The Kier molecular flexibility index (Phi) is 11.5. The van der Waals surface area contributed by atoms with Crippen molar-refractivity contribution in [3.05, 3.63) is 106 Å². The number of carboxylic acids is 2. The number of aryl methyl sites for hydroxylation is 2. The highest BCUT2D eigenvalue weighted by molar-refractivity contribution is 6.30. The molecule has 0 amide bonds. The standard InChI is InChI=1S/C20H18O8.C13H18ClNO2/c1-11-3-7-13(8-4-11)19(25)27-15(17(21)22)16(18(23)24)28-20(26)14-9-5-12(2)6-10-14;1-9-13(16,17-8-12(2,3)15-9)10-5-4-6-11(14)7-10/h3-10,15-16H,1-2H3,(H,21,22)(H,23,24);4-7,9,15-16H,8H2,1-3H3/t15-,16-;9-,13+/m01/s1. The van der Waals surface area contributed by atoms with Gasteiger partial charge in [0.05, 0.1) is 23.8 Å². The maximum atomic E-state index is 12.2. The molecule has 0 bridgehead atoms. The zero-order valence-electron chi connectivity index (χ0n) is 25.4. The van der Waals surface area contributed by atoms with E-state index in [9.17, 15) is 34.5 Å². The molecule has 3 aromatic rings. The minimum atomic E-state index is -2.22. The van der Waals surface area contributed by atoms with Gasteiger partial charge in [0.1, 0.15) is 0 Å². The average Bonchev–Trinajstić information content (AvgIpc) is 2.97. The third kappa shape index (κ3) is 9.35. The molecule has 12 heteroatoms. The molecule has 0 unspecified atom stereocenters.